The number of nitrogens with one attached hydrogen (secondary N) is 1. The van der Waals surface area contributed by atoms with E-state index in [1.165, 1.54) is 0 Å². The Hall–Kier alpha value is -1.85. The van der Waals surface area contributed by atoms with E-state index in [4.69, 9.17) is 9.84 Å². The molecule has 6 heteroatoms. The predicted octanol–water partition coefficient (Wildman–Crippen LogP) is 2.24. The number of anilines is 1. The molecule has 6 nitrogen and oxygen atoms in total. The second kappa shape index (κ2) is 7.56. The van der Waals surface area contributed by atoms with E-state index < -0.39 is 5.97 Å². The van der Waals surface area contributed by atoms with Crippen molar-refractivity contribution in [3.8, 4) is 5.88 Å². The van der Waals surface area contributed by atoms with Crippen molar-refractivity contribution in [3.63, 3.8) is 0 Å². The Bertz CT molecular complexity index is 424. The highest BCUT2D eigenvalue weighted by Gasteiger charge is 2.14. The first-order valence-electron chi connectivity index (χ1n) is 6.52. The number of rotatable bonds is 8. The molecule has 19 heavy (non-hydrogen) atoms. The molecule has 106 valence electrons. The van der Waals surface area contributed by atoms with E-state index in [1.807, 2.05) is 20.8 Å². The van der Waals surface area contributed by atoms with Crippen LogP contribution in [0, 0.1) is 6.92 Å². The summed E-state index contributed by atoms with van der Waals surface area (Å²) >= 11 is 0. The van der Waals surface area contributed by atoms with E-state index >= 15 is 0 Å². The maximum Gasteiger partial charge on any atom is 0.305 e. The standard InChI is InChI=1S/C13H21N3O3/c1-4-6-10(8-12(17)18)15-13-14-9(3)7-11(16-13)19-5-2/h7,10H,4-6,8H2,1-3H3,(H,17,18)(H,14,15,16). The molecule has 0 aliphatic rings. The van der Waals surface area contributed by atoms with E-state index in [0.29, 0.717) is 18.4 Å². The molecule has 0 radical (unpaired) electrons. The zero-order valence-corrected chi connectivity index (χ0v) is 11.6. The van der Waals surface area contributed by atoms with Gasteiger partial charge in [0.25, 0.3) is 0 Å². The van der Waals surface area contributed by atoms with Gasteiger partial charge in [-0.15, -0.1) is 0 Å². The SMILES string of the molecule is CCCC(CC(=O)O)Nc1nc(C)cc(OCC)n1. The molecule has 1 aromatic heterocycles. The molecular formula is C13H21N3O3. The summed E-state index contributed by atoms with van der Waals surface area (Å²) < 4.78 is 5.34. The molecule has 0 fully saturated rings. The van der Waals surface area contributed by atoms with Crippen LogP contribution >= 0.6 is 0 Å². The number of hydrogen-bond acceptors (Lipinski definition) is 5. The molecule has 0 spiro atoms. The smallest absolute Gasteiger partial charge is 0.305 e. The lowest BCUT2D eigenvalue weighted by Gasteiger charge is -2.16. The molecule has 2 N–H and O–H groups in total. The number of carbonyl (C=O) groups is 1. The number of aryl methyl sites for hydroxylation is 1. The summed E-state index contributed by atoms with van der Waals surface area (Å²) in [7, 11) is 0. The van der Waals surface area contributed by atoms with Gasteiger partial charge in [0.2, 0.25) is 11.8 Å². The lowest BCUT2D eigenvalue weighted by atomic mass is 10.1. The van der Waals surface area contributed by atoms with Gasteiger partial charge in [0, 0.05) is 17.8 Å². The number of ether oxygens (including phenoxy) is 1. The molecule has 0 bridgehead atoms. The van der Waals surface area contributed by atoms with E-state index in [-0.39, 0.29) is 12.5 Å². The molecule has 0 aromatic carbocycles. The summed E-state index contributed by atoms with van der Waals surface area (Å²) in [4.78, 5) is 19.3. The fourth-order valence-electron chi connectivity index (χ4n) is 1.79. The molecule has 1 atom stereocenters. The molecule has 1 heterocycles. The zero-order valence-electron chi connectivity index (χ0n) is 11.6. The van der Waals surface area contributed by atoms with Crippen LogP contribution in [0.5, 0.6) is 5.88 Å². The van der Waals surface area contributed by atoms with E-state index in [0.717, 1.165) is 18.5 Å². The van der Waals surface area contributed by atoms with Crippen LogP contribution in [0.15, 0.2) is 6.07 Å². The van der Waals surface area contributed by atoms with E-state index in [9.17, 15) is 4.79 Å². The number of hydrogen-bond donors (Lipinski definition) is 2. The highest BCUT2D eigenvalue weighted by Crippen LogP contribution is 2.15. The molecule has 0 saturated carbocycles. The Morgan fingerprint density at radius 3 is 2.79 bits per heavy atom. The first kappa shape index (κ1) is 15.2. The Kier molecular flexibility index (Phi) is 6.05. The third kappa shape index (κ3) is 5.54. The number of carboxylic acid groups (broad SMARTS) is 1. The Labute approximate surface area is 113 Å². The first-order chi connectivity index (χ1) is 9.05. The van der Waals surface area contributed by atoms with Crippen molar-refractivity contribution in [2.75, 3.05) is 11.9 Å². The highest BCUT2D eigenvalue weighted by molar-refractivity contribution is 5.68. The Morgan fingerprint density at radius 2 is 2.21 bits per heavy atom. The van der Waals surface area contributed by atoms with Crippen LogP contribution < -0.4 is 10.1 Å². The van der Waals surface area contributed by atoms with Gasteiger partial charge in [-0.2, -0.15) is 4.98 Å². The summed E-state index contributed by atoms with van der Waals surface area (Å²) in [6.07, 6.45) is 1.71. The first-order valence-corrected chi connectivity index (χ1v) is 6.52. The van der Waals surface area contributed by atoms with Gasteiger partial charge in [0.1, 0.15) is 0 Å². The third-order valence-electron chi connectivity index (χ3n) is 2.51. The summed E-state index contributed by atoms with van der Waals surface area (Å²) in [5.41, 5.74) is 0.784. The average molecular weight is 267 g/mol. The minimum atomic E-state index is -0.830. The normalized spacial score (nSPS) is 11.9. The fraction of sp³-hybridized carbons (Fsp3) is 0.615. The predicted molar refractivity (Wildman–Crippen MR) is 72.5 cm³/mol. The summed E-state index contributed by atoms with van der Waals surface area (Å²) in [5.74, 6) is 0.0925. The number of nitrogens with zero attached hydrogens (tertiary/aromatic N) is 2. The van der Waals surface area contributed by atoms with Crippen LogP contribution in [0.4, 0.5) is 5.95 Å². The Balaban J connectivity index is 2.79. The number of carboxylic acids is 1. The lowest BCUT2D eigenvalue weighted by molar-refractivity contribution is -0.137. The second-order valence-electron chi connectivity index (χ2n) is 4.33. The monoisotopic (exact) mass is 267 g/mol. The van der Waals surface area contributed by atoms with E-state index in [1.54, 1.807) is 6.07 Å². The summed E-state index contributed by atoms with van der Waals surface area (Å²) in [6.45, 7) is 6.28. The van der Waals surface area contributed by atoms with Crippen LogP contribution in [-0.2, 0) is 4.79 Å². The van der Waals surface area contributed by atoms with Crippen molar-refractivity contribution in [1.29, 1.82) is 0 Å². The second-order valence-corrected chi connectivity index (χ2v) is 4.33. The van der Waals surface area contributed by atoms with Crippen LogP contribution in [0.1, 0.15) is 38.8 Å². The minimum absolute atomic E-state index is 0.0507. The van der Waals surface area contributed by atoms with Gasteiger partial charge in [-0.3, -0.25) is 4.79 Å². The molecule has 1 unspecified atom stereocenters. The fourth-order valence-corrected chi connectivity index (χ4v) is 1.79. The van der Waals surface area contributed by atoms with E-state index in [2.05, 4.69) is 15.3 Å². The van der Waals surface area contributed by atoms with Gasteiger partial charge in [0.05, 0.1) is 13.0 Å². The molecule has 1 aromatic rings. The Morgan fingerprint density at radius 1 is 1.47 bits per heavy atom. The summed E-state index contributed by atoms with van der Waals surface area (Å²) in [5, 5.41) is 11.9. The van der Waals surface area contributed by atoms with Gasteiger partial charge in [-0.25, -0.2) is 4.98 Å². The largest absolute Gasteiger partial charge is 0.481 e. The molecule has 0 aliphatic heterocycles. The maximum atomic E-state index is 10.8. The zero-order chi connectivity index (χ0) is 14.3. The van der Waals surface area contributed by atoms with Gasteiger partial charge in [-0.05, 0) is 20.3 Å². The lowest BCUT2D eigenvalue weighted by Crippen LogP contribution is -2.24. The number of aliphatic carboxylic acids is 1. The average Bonchev–Trinajstić information content (AvgIpc) is 2.27. The van der Waals surface area contributed by atoms with Gasteiger partial charge >= 0.3 is 5.97 Å². The quantitative estimate of drug-likeness (QED) is 0.751. The van der Waals surface area contributed by atoms with Crippen LogP contribution in [0.2, 0.25) is 0 Å². The molecule has 1 rings (SSSR count). The van der Waals surface area contributed by atoms with Crippen molar-refractivity contribution >= 4 is 11.9 Å². The van der Waals surface area contributed by atoms with Gasteiger partial charge in [-0.1, -0.05) is 13.3 Å². The molecular weight excluding hydrogens is 246 g/mol. The minimum Gasteiger partial charge on any atom is -0.481 e. The van der Waals surface area contributed by atoms with Crippen molar-refractivity contribution in [1.82, 2.24) is 9.97 Å². The van der Waals surface area contributed by atoms with Gasteiger partial charge in [0.15, 0.2) is 0 Å². The van der Waals surface area contributed by atoms with Crippen molar-refractivity contribution in [2.24, 2.45) is 0 Å². The topological polar surface area (TPSA) is 84.3 Å². The van der Waals surface area contributed by atoms with Crippen LogP contribution in [-0.4, -0.2) is 33.7 Å². The van der Waals surface area contributed by atoms with Crippen molar-refractivity contribution in [2.45, 2.75) is 46.1 Å². The maximum absolute atomic E-state index is 10.8. The van der Waals surface area contributed by atoms with Gasteiger partial charge < -0.3 is 15.2 Å². The van der Waals surface area contributed by atoms with Crippen LogP contribution in [0.3, 0.4) is 0 Å². The van der Waals surface area contributed by atoms with Crippen molar-refractivity contribution in [3.05, 3.63) is 11.8 Å². The molecule has 0 saturated heterocycles. The number of aromatic nitrogens is 2. The van der Waals surface area contributed by atoms with Crippen LogP contribution in [0.25, 0.3) is 0 Å². The molecule has 0 aliphatic carbocycles. The summed E-state index contributed by atoms with van der Waals surface area (Å²) in [6, 6.07) is 1.58. The third-order valence-corrected chi connectivity index (χ3v) is 2.51. The highest BCUT2D eigenvalue weighted by atomic mass is 16.5. The molecule has 0 amide bonds. The van der Waals surface area contributed by atoms with Crippen molar-refractivity contribution < 1.29 is 14.6 Å².